The summed E-state index contributed by atoms with van der Waals surface area (Å²) in [6.07, 6.45) is 0.242. The van der Waals surface area contributed by atoms with Gasteiger partial charge < -0.3 is 15.0 Å². The molecule has 2 fully saturated rings. The Morgan fingerprint density at radius 2 is 2.24 bits per heavy atom. The summed E-state index contributed by atoms with van der Waals surface area (Å²) in [6.45, 7) is 7.16. The van der Waals surface area contributed by atoms with Crippen LogP contribution in [0.1, 0.15) is 33.6 Å². The maximum Gasteiger partial charge on any atom is 0.410 e. The molecule has 98 valence electrons. The third-order valence-electron chi connectivity index (χ3n) is 3.32. The minimum absolute atomic E-state index is 0.212. The number of hydrogen-bond donors (Lipinski definition) is 1. The summed E-state index contributed by atoms with van der Waals surface area (Å²) >= 11 is 0. The van der Waals surface area contributed by atoms with Gasteiger partial charge in [-0.2, -0.15) is 0 Å². The Labute approximate surface area is 101 Å². The van der Waals surface area contributed by atoms with Crippen molar-refractivity contribution in [1.29, 1.82) is 0 Å². The lowest BCUT2D eigenvalue weighted by Crippen LogP contribution is -2.44. The number of alkyl halides is 1. The van der Waals surface area contributed by atoms with E-state index >= 15 is 0 Å². The number of carbonyl (C=O) groups is 1. The van der Waals surface area contributed by atoms with Gasteiger partial charge in [0.25, 0.3) is 0 Å². The van der Waals surface area contributed by atoms with Crippen molar-refractivity contribution in [3.05, 3.63) is 0 Å². The average Bonchev–Trinajstić information content (AvgIpc) is 2.72. The van der Waals surface area contributed by atoms with E-state index in [1.165, 1.54) is 0 Å². The lowest BCUT2D eigenvalue weighted by atomic mass is 9.96. The van der Waals surface area contributed by atoms with Crippen LogP contribution in [0.2, 0.25) is 0 Å². The number of nitrogens with zero attached hydrogens (tertiary/aromatic N) is 1. The highest BCUT2D eigenvalue weighted by Gasteiger charge is 2.46. The highest BCUT2D eigenvalue weighted by atomic mass is 19.1. The highest BCUT2D eigenvalue weighted by Crippen LogP contribution is 2.32. The van der Waals surface area contributed by atoms with Crippen LogP contribution in [-0.2, 0) is 4.74 Å². The van der Waals surface area contributed by atoms with Gasteiger partial charge in [-0.1, -0.05) is 0 Å². The van der Waals surface area contributed by atoms with E-state index in [0.717, 1.165) is 6.42 Å². The molecule has 0 saturated carbocycles. The average molecular weight is 244 g/mol. The van der Waals surface area contributed by atoms with Gasteiger partial charge in [0.1, 0.15) is 11.8 Å². The Morgan fingerprint density at radius 3 is 2.76 bits per heavy atom. The fraction of sp³-hybridized carbons (Fsp3) is 0.917. The summed E-state index contributed by atoms with van der Waals surface area (Å²) in [5, 5.41) is 3.20. The second-order valence-electron chi connectivity index (χ2n) is 6.11. The summed E-state index contributed by atoms with van der Waals surface area (Å²) in [7, 11) is 0. The topological polar surface area (TPSA) is 41.6 Å². The number of carbonyl (C=O) groups excluding carboxylic acids is 1. The fourth-order valence-electron chi connectivity index (χ4n) is 2.56. The van der Waals surface area contributed by atoms with Gasteiger partial charge in [0.2, 0.25) is 0 Å². The monoisotopic (exact) mass is 244 g/mol. The summed E-state index contributed by atoms with van der Waals surface area (Å²) in [4.78, 5) is 13.5. The van der Waals surface area contributed by atoms with E-state index in [1.54, 1.807) is 4.90 Å². The minimum Gasteiger partial charge on any atom is -0.444 e. The van der Waals surface area contributed by atoms with Crippen molar-refractivity contribution >= 4 is 6.09 Å². The molecule has 2 aliphatic heterocycles. The minimum atomic E-state index is -0.784. The van der Waals surface area contributed by atoms with Crippen molar-refractivity contribution in [3.63, 3.8) is 0 Å². The summed E-state index contributed by atoms with van der Waals surface area (Å²) < 4.78 is 18.5. The van der Waals surface area contributed by atoms with Crippen molar-refractivity contribution in [1.82, 2.24) is 10.2 Å². The van der Waals surface area contributed by atoms with Crippen molar-refractivity contribution in [2.75, 3.05) is 19.6 Å². The van der Waals surface area contributed by atoms with Gasteiger partial charge in [-0.25, -0.2) is 9.18 Å². The van der Waals surface area contributed by atoms with E-state index in [1.807, 2.05) is 20.8 Å². The molecule has 0 aromatic carbocycles. The molecule has 1 N–H and O–H groups in total. The van der Waals surface area contributed by atoms with Gasteiger partial charge in [-0.05, 0) is 33.6 Å². The van der Waals surface area contributed by atoms with Gasteiger partial charge in [-0.3, -0.25) is 0 Å². The normalized spacial score (nSPS) is 33.4. The maximum atomic E-state index is 13.2. The number of halogens is 1. The van der Waals surface area contributed by atoms with Gasteiger partial charge in [0.15, 0.2) is 0 Å². The Bertz CT molecular complexity index is 316. The van der Waals surface area contributed by atoms with Crippen LogP contribution in [0.4, 0.5) is 9.18 Å². The molecule has 2 unspecified atom stereocenters. The van der Waals surface area contributed by atoms with E-state index in [9.17, 15) is 9.18 Å². The number of amides is 1. The first-order valence-electron chi connectivity index (χ1n) is 6.17. The van der Waals surface area contributed by atoms with Crippen LogP contribution in [0.5, 0.6) is 0 Å². The van der Waals surface area contributed by atoms with Gasteiger partial charge in [0, 0.05) is 25.2 Å². The first-order chi connectivity index (χ1) is 7.80. The van der Waals surface area contributed by atoms with Crippen LogP contribution in [0.25, 0.3) is 0 Å². The first kappa shape index (κ1) is 12.6. The molecule has 2 aliphatic rings. The molecule has 1 spiro atoms. The van der Waals surface area contributed by atoms with Gasteiger partial charge in [-0.15, -0.1) is 0 Å². The maximum absolute atomic E-state index is 13.2. The molecule has 17 heavy (non-hydrogen) atoms. The Kier molecular flexibility index (Phi) is 3.06. The highest BCUT2D eigenvalue weighted by molar-refractivity contribution is 5.68. The molecule has 0 aliphatic carbocycles. The quantitative estimate of drug-likeness (QED) is 0.705. The molecular formula is C12H21FN2O2. The number of likely N-dealkylation sites (tertiary alicyclic amines) is 1. The van der Waals surface area contributed by atoms with Crippen molar-refractivity contribution in [3.8, 4) is 0 Å². The second-order valence-corrected chi connectivity index (χ2v) is 6.11. The SMILES string of the molecule is CC(C)(C)OC(=O)N1CCC2(CC(F)CN2)C1. The Balaban J connectivity index is 1.92. The van der Waals surface area contributed by atoms with Crippen LogP contribution in [0.15, 0.2) is 0 Å². The predicted molar refractivity (Wildman–Crippen MR) is 62.7 cm³/mol. The van der Waals surface area contributed by atoms with Crippen LogP contribution in [0, 0.1) is 0 Å². The third-order valence-corrected chi connectivity index (χ3v) is 3.32. The van der Waals surface area contributed by atoms with Crippen LogP contribution < -0.4 is 5.32 Å². The molecule has 2 atom stereocenters. The molecule has 0 radical (unpaired) electrons. The number of hydrogen-bond acceptors (Lipinski definition) is 3. The third kappa shape index (κ3) is 2.89. The smallest absolute Gasteiger partial charge is 0.410 e. The standard InChI is InChI=1S/C12H21FN2O2/c1-11(2,3)17-10(16)15-5-4-12(8-15)6-9(13)7-14-12/h9,14H,4-8H2,1-3H3. The fourth-order valence-corrected chi connectivity index (χ4v) is 2.56. The molecule has 1 amide bonds. The molecule has 4 nitrogen and oxygen atoms in total. The van der Waals surface area contributed by atoms with E-state index < -0.39 is 11.8 Å². The van der Waals surface area contributed by atoms with Crippen LogP contribution >= 0.6 is 0 Å². The van der Waals surface area contributed by atoms with Crippen LogP contribution in [-0.4, -0.2) is 47.9 Å². The number of rotatable bonds is 0. The zero-order chi connectivity index (χ0) is 12.7. The van der Waals surface area contributed by atoms with Crippen molar-refractivity contribution in [2.24, 2.45) is 0 Å². The number of ether oxygens (including phenoxy) is 1. The molecule has 2 saturated heterocycles. The van der Waals surface area contributed by atoms with Crippen molar-refractivity contribution < 1.29 is 13.9 Å². The molecule has 2 heterocycles. The van der Waals surface area contributed by atoms with Crippen molar-refractivity contribution in [2.45, 2.75) is 50.9 Å². The van der Waals surface area contributed by atoms with Gasteiger partial charge in [0.05, 0.1) is 0 Å². The Hall–Kier alpha value is -0.840. The molecule has 0 aromatic rings. The van der Waals surface area contributed by atoms with E-state index in [4.69, 9.17) is 4.74 Å². The molecule has 0 aromatic heterocycles. The first-order valence-corrected chi connectivity index (χ1v) is 6.17. The van der Waals surface area contributed by atoms with Gasteiger partial charge >= 0.3 is 6.09 Å². The summed E-state index contributed by atoms with van der Waals surface area (Å²) in [5.41, 5.74) is -0.686. The summed E-state index contributed by atoms with van der Waals surface area (Å²) in [6, 6.07) is 0. The van der Waals surface area contributed by atoms with E-state index in [2.05, 4.69) is 5.32 Å². The zero-order valence-electron chi connectivity index (χ0n) is 10.8. The second kappa shape index (κ2) is 4.12. The van der Waals surface area contributed by atoms with E-state index in [-0.39, 0.29) is 11.6 Å². The Morgan fingerprint density at radius 1 is 1.53 bits per heavy atom. The lowest BCUT2D eigenvalue weighted by Gasteiger charge is -2.26. The molecular weight excluding hydrogens is 223 g/mol. The lowest BCUT2D eigenvalue weighted by molar-refractivity contribution is 0.0282. The molecule has 0 bridgehead atoms. The van der Waals surface area contributed by atoms with Crippen LogP contribution in [0.3, 0.4) is 0 Å². The molecule has 2 rings (SSSR count). The molecule has 5 heteroatoms. The largest absolute Gasteiger partial charge is 0.444 e. The van der Waals surface area contributed by atoms with E-state index in [0.29, 0.717) is 26.1 Å². The zero-order valence-corrected chi connectivity index (χ0v) is 10.8. The summed E-state index contributed by atoms with van der Waals surface area (Å²) in [5.74, 6) is 0. The number of nitrogens with one attached hydrogen (secondary N) is 1. The predicted octanol–water partition coefficient (Wildman–Crippen LogP) is 1.70.